The Labute approximate surface area is 137 Å². The molecule has 4 nitrogen and oxygen atoms in total. The van der Waals surface area contributed by atoms with E-state index in [9.17, 15) is 9.18 Å². The second-order valence-corrected chi connectivity index (χ2v) is 6.73. The number of nitrogens with one attached hydrogen (secondary N) is 2. The zero-order chi connectivity index (χ0) is 16.1. The first-order valence-corrected chi connectivity index (χ1v) is 8.68. The third-order valence-electron chi connectivity index (χ3n) is 4.92. The molecule has 0 saturated carbocycles. The van der Waals surface area contributed by atoms with Crippen molar-refractivity contribution in [3.8, 4) is 0 Å². The van der Waals surface area contributed by atoms with Crippen molar-refractivity contribution >= 4 is 5.91 Å². The Hall–Kier alpha value is -1.46. The van der Waals surface area contributed by atoms with E-state index in [4.69, 9.17) is 0 Å². The van der Waals surface area contributed by atoms with Crippen LogP contribution in [0.25, 0.3) is 0 Å². The molecule has 0 aromatic heterocycles. The number of hydrogen-bond acceptors (Lipinski definition) is 3. The highest BCUT2D eigenvalue weighted by atomic mass is 19.1. The van der Waals surface area contributed by atoms with Gasteiger partial charge in [-0.15, -0.1) is 0 Å². The summed E-state index contributed by atoms with van der Waals surface area (Å²) in [5.74, 6) is 0.169. The normalized spacial score (nSPS) is 23.6. The molecule has 0 spiro atoms. The molecule has 0 radical (unpaired) electrons. The van der Waals surface area contributed by atoms with E-state index in [1.165, 1.54) is 12.1 Å². The van der Waals surface area contributed by atoms with E-state index < -0.39 is 0 Å². The van der Waals surface area contributed by atoms with Gasteiger partial charge in [-0.05, 0) is 49.9 Å². The molecule has 1 aromatic carbocycles. The van der Waals surface area contributed by atoms with Crippen LogP contribution in [-0.4, -0.2) is 43.0 Å². The molecule has 1 aromatic rings. The quantitative estimate of drug-likeness (QED) is 0.891. The van der Waals surface area contributed by atoms with Crippen LogP contribution in [0.15, 0.2) is 24.3 Å². The van der Waals surface area contributed by atoms with Crippen molar-refractivity contribution < 1.29 is 9.18 Å². The smallest absolute Gasteiger partial charge is 0.224 e. The second-order valence-electron chi connectivity index (χ2n) is 6.73. The Bertz CT molecular complexity index is 506. The molecular formula is C18H26FN3O. The van der Waals surface area contributed by atoms with Gasteiger partial charge in [0.1, 0.15) is 5.82 Å². The van der Waals surface area contributed by atoms with Gasteiger partial charge >= 0.3 is 0 Å². The second kappa shape index (κ2) is 7.88. The monoisotopic (exact) mass is 319 g/mol. The highest BCUT2D eigenvalue weighted by molar-refractivity contribution is 5.79. The van der Waals surface area contributed by atoms with E-state index in [1.54, 1.807) is 0 Å². The Morgan fingerprint density at radius 2 is 1.96 bits per heavy atom. The maximum absolute atomic E-state index is 12.9. The number of rotatable bonds is 4. The first-order valence-electron chi connectivity index (χ1n) is 8.68. The maximum Gasteiger partial charge on any atom is 0.224 e. The zero-order valence-electron chi connectivity index (χ0n) is 13.6. The Morgan fingerprint density at radius 3 is 2.61 bits per heavy atom. The molecule has 2 fully saturated rings. The average molecular weight is 319 g/mol. The van der Waals surface area contributed by atoms with Crippen LogP contribution >= 0.6 is 0 Å². The number of piperidine rings is 2. The molecule has 126 valence electrons. The van der Waals surface area contributed by atoms with Crippen LogP contribution in [0, 0.1) is 11.7 Å². The highest BCUT2D eigenvalue weighted by Crippen LogP contribution is 2.16. The fourth-order valence-electron chi connectivity index (χ4n) is 3.48. The summed E-state index contributed by atoms with van der Waals surface area (Å²) in [6, 6.07) is 7.02. The minimum absolute atomic E-state index is 0.140. The molecule has 0 bridgehead atoms. The fraction of sp³-hybridized carbons (Fsp3) is 0.611. The van der Waals surface area contributed by atoms with E-state index in [-0.39, 0.29) is 17.6 Å². The van der Waals surface area contributed by atoms with Gasteiger partial charge in [0.15, 0.2) is 0 Å². The van der Waals surface area contributed by atoms with Gasteiger partial charge in [-0.2, -0.15) is 0 Å². The first-order chi connectivity index (χ1) is 11.2. The summed E-state index contributed by atoms with van der Waals surface area (Å²) in [6.45, 7) is 4.66. The van der Waals surface area contributed by atoms with Crippen LogP contribution in [0.3, 0.4) is 0 Å². The molecule has 23 heavy (non-hydrogen) atoms. The number of carbonyl (C=O) groups excluding carboxylic acids is 1. The van der Waals surface area contributed by atoms with Crippen LogP contribution in [0.4, 0.5) is 4.39 Å². The molecule has 2 saturated heterocycles. The lowest BCUT2D eigenvalue weighted by atomic mass is 9.97. The van der Waals surface area contributed by atoms with Crippen molar-refractivity contribution in [2.24, 2.45) is 5.92 Å². The van der Waals surface area contributed by atoms with Crippen LogP contribution < -0.4 is 10.6 Å². The first kappa shape index (κ1) is 16.4. The van der Waals surface area contributed by atoms with Gasteiger partial charge in [-0.25, -0.2) is 4.39 Å². The molecule has 1 amide bonds. The van der Waals surface area contributed by atoms with Crippen molar-refractivity contribution in [2.45, 2.75) is 38.3 Å². The molecule has 0 aliphatic carbocycles. The van der Waals surface area contributed by atoms with Crippen molar-refractivity contribution in [3.63, 3.8) is 0 Å². The summed E-state index contributed by atoms with van der Waals surface area (Å²) in [4.78, 5) is 14.6. The lowest BCUT2D eigenvalue weighted by molar-refractivity contribution is -0.126. The Balaban J connectivity index is 1.41. The third kappa shape index (κ3) is 4.75. The molecule has 1 unspecified atom stereocenters. The topological polar surface area (TPSA) is 44.4 Å². The fourth-order valence-corrected chi connectivity index (χ4v) is 3.48. The van der Waals surface area contributed by atoms with E-state index in [0.29, 0.717) is 6.04 Å². The molecule has 3 rings (SSSR count). The molecule has 2 aliphatic rings. The van der Waals surface area contributed by atoms with E-state index in [0.717, 1.165) is 64.0 Å². The lowest BCUT2D eigenvalue weighted by Crippen LogP contribution is -2.48. The van der Waals surface area contributed by atoms with E-state index >= 15 is 0 Å². The summed E-state index contributed by atoms with van der Waals surface area (Å²) in [7, 11) is 0. The maximum atomic E-state index is 12.9. The molecule has 5 heteroatoms. The number of halogens is 1. The zero-order valence-corrected chi connectivity index (χ0v) is 13.6. The van der Waals surface area contributed by atoms with Crippen molar-refractivity contribution in [1.82, 2.24) is 15.5 Å². The largest absolute Gasteiger partial charge is 0.353 e. The SMILES string of the molecule is O=C(NC1CCN(Cc2ccc(F)cc2)CC1)C1CCCNC1. The Morgan fingerprint density at radius 1 is 1.22 bits per heavy atom. The van der Waals surface area contributed by atoms with Gasteiger partial charge in [-0.1, -0.05) is 12.1 Å². The number of likely N-dealkylation sites (tertiary alicyclic amines) is 1. The van der Waals surface area contributed by atoms with Crippen LogP contribution in [0.1, 0.15) is 31.2 Å². The number of benzene rings is 1. The Kier molecular flexibility index (Phi) is 5.62. The number of hydrogen-bond donors (Lipinski definition) is 2. The predicted molar refractivity (Wildman–Crippen MR) is 88.4 cm³/mol. The number of carbonyl (C=O) groups is 1. The molecule has 1 atom stereocenters. The standard InChI is InChI=1S/C18H26FN3O/c19-16-5-3-14(4-6-16)13-22-10-7-17(8-11-22)21-18(23)15-2-1-9-20-12-15/h3-6,15,17,20H,1-2,7-13H2,(H,21,23). The van der Waals surface area contributed by atoms with E-state index in [2.05, 4.69) is 15.5 Å². The third-order valence-corrected chi connectivity index (χ3v) is 4.92. The van der Waals surface area contributed by atoms with Gasteiger partial charge in [0, 0.05) is 32.2 Å². The highest BCUT2D eigenvalue weighted by Gasteiger charge is 2.25. The average Bonchev–Trinajstić information content (AvgIpc) is 2.59. The van der Waals surface area contributed by atoms with E-state index in [1.807, 2.05) is 12.1 Å². The minimum Gasteiger partial charge on any atom is -0.353 e. The summed E-state index contributed by atoms with van der Waals surface area (Å²) >= 11 is 0. The van der Waals surface area contributed by atoms with Crippen LogP contribution in [-0.2, 0) is 11.3 Å². The molecular weight excluding hydrogens is 293 g/mol. The van der Waals surface area contributed by atoms with Crippen LogP contribution in [0.5, 0.6) is 0 Å². The summed E-state index contributed by atoms with van der Waals surface area (Å²) in [5.41, 5.74) is 1.14. The summed E-state index contributed by atoms with van der Waals surface area (Å²) in [5, 5.41) is 6.52. The van der Waals surface area contributed by atoms with Crippen molar-refractivity contribution in [2.75, 3.05) is 26.2 Å². The lowest BCUT2D eigenvalue weighted by Gasteiger charge is -2.33. The molecule has 2 N–H and O–H groups in total. The predicted octanol–water partition coefficient (Wildman–Crippen LogP) is 1.91. The minimum atomic E-state index is -0.188. The van der Waals surface area contributed by atoms with Gasteiger partial charge in [0.05, 0.1) is 5.92 Å². The number of nitrogens with zero attached hydrogens (tertiary/aromatic N) is 1. The van der Waals surface area contributed by atoms with Gasteiger partial charge in [-0.3, -0.25) is 9.69 Å². The van der Waals surface area contributed by atoms with Crippen molar-refractivity contribution in [3.05, 3.63) is 35.6 Å². The van der Waals surface area contributed by atoms with Gasteiger partial charge in [0.2, 0.25) is 5.91 Å². The summed E-state index contributed by atoms with van der Waals surface area (Å²) in [6.07, 6.45) is 4.08. The van der Waals surface area contributed by atoms with Crippen molar-refractivity contribution in [1.29, 1.82) is 0 Å². The van der Waals surface area contributed by atoms with Gasteiger partial charge in [0.25, 0.3) is 0 Å². The van der Waals surface area contributed by atoms with Gasteiger partial charge < -0.3 is 10.6 Å². The molecule has 2 heterocycles. The number of amides is 1. The summed E-state index contributed by atoms with van der Waals surface area (Å²) < 4.78 is 12.9. The van der Waals surface area contributed by atoms with Crippen LogP contribution in [0.2, 0.25) is 0 Å². The molecule has 2 aliphatic heterocycles.